The number of Topliss-reactive ketones (excluding diaryl/α,β-unsaturated/α-hetero) is 1. The van der Waals surface area contributed by atoms with E-state index in [4.69, 9.17) is 4.42 Å². The summed E-state index contributed by atoms with van der Waals surface area (Å²) in [5.41, 5.74) is 4.11. The van der Waals surface area contributed by atoms with E-state index in [2.05, 4.69) is 23.2 Å². The molecule has 0 saturated carbocycles. The first-order valence-corrected chi connectivity index (χ1v) is 8.98. The molecule has 2 heterocycles. The molecule has 1 aromatic carbocycles. The van der Waals surface area contributed by atoms with Crippen LogP contribution in [-0.4, -0.2) is 25.8 Å². The second-order valence-corrected chi connectivity index (χ2v) is 7.53. The predicted octanol–water partition coefficient (Wildman–Crippen LogP) is 4.36. The average molecular weight is 355 g/mol. The van der Waals surface area contributed by atoms with Crippen molar-refractivity contribution in [1.82, 2.24) is 14.8 Å². The fraction of sp³-hybridized carbons (Fsp3) is 0.316. The van der Waals surface area contributed by atoms with E-state index in [0.29, 0.717) is 16.7 Å². The summed E-state index contributed by atoms with van der Waals surface area (Å²) >= 11 is 1.41. The maximum absolute atomic E-state index is 12.9. The molecule has 0 fully saturated rings. The highest BCUT2D eigenvalue weighted by atomic mass is 32.2. The highest BCUT2D eigenvalue weighted by Crippen LogP contribution is 2.28. The Morgan fingerprint density at radius 3 is 2.56 bits per heavy atom. The highest BCUT2D eigenvalue weighted by molar-refractivity contribution is 8.00. The van der Waals surface area contributed by atoms with Crippen LogP contribution in [0.15, 0.2) is 40.1 Å². The first-order valence-electron chi connectivity index (χ1n) is 8.10. The molecule has 130 valence electrons. The lowest BCUT2D eigenvalue weighted by Crippen LogP contribution is -2.16. The molecule has 1 atom stereocenters. The molecule has 25 heavy (non-hydrogen) atoms. The Bertz CT molecular complexity index is 913. The van der Waals surface area contributed by atoms with Crippen molar-refractivity contribution < 1.29 is 9.21 Å². The number of nitrogens with zero attached hydrogens (tertiary/aromatic N) is 3. The maximum Gasteiger partial charge on any atom is 0.200 e. The molecule has 0 saturated heterocycles. The predicted molar refractivity (Wildman–Crippen MR) is 99.0 cm³/mol. The zero-order valence-corrected chi connectivity index (χ0v) is 15.8. The summed E-state index contributed by atoms with van der Waals surface area (Å²) in [5, 5.41) is 8.81. The lowest BCUT2D eigenvalue weighted by Gasteiger charge is -2.13. The quantitative estimate of drug-likeness (QED) is 0.502. The fourth-order valence-corrected chi connectivity index (χ4v) is 3.58. The summed E-state index contributed by atoms with van der Waals surface area (Å²) in [6.07, 6.45) is 1.60. The van der Waals surface area contributed by atoms with E-state index in [1.165, 1.54) is 17.3 Å². The number of hydrogen-bond donors (Lipinski definition) is 0. The van der Waals surface area contributed by atoms with Crippen molar-refractivity contribution in [3.63, 3.8) is 0 Å². The van der Waals surface area contributed by atoms with Crippen LogP contribution in [0.25, 0.3) is 11.6 Å². The summed E-state index contributed by atoms with van der Waals surface area (Å²) < 4.78 is 7.22. The van der Waals surface area contributed by atoms with Crippen LogP contribution in [0.5, 0.6) is 0 Å². The minimum atomic E-state index is -0.256. The van der Waals surface area contributed by atoms with Gasteiger partial charge in [0, 0.05) is 12.6 Å². The summed E-state index contributed by atoms with van der Waals surface area (Å²) in [7, 11) is 1.87. The van der Waals surface area contributed by atoms with Gasteiger partial charge in [-0.1, -0.05) is 17.8 Å². The molecule has 0 aliphatic rings. The molecule has 3 aromatic rings. The Hall–Kier alpha value is -2.34. The number of aryl methyl sites for hydroxylation is 3. The van der Waals surface area contributed by atoms with Crippen LogP contribution in [0.3, 0.4) is 0 Å². The summed E-state index contributed by atoms with van der Waals surface area (Å²) in [6.45, 7) is 7.98. The second-order valence-electron chi connectivity index (χ2n) is 6.22. The molecule has 0 amide bonds. The molecule has 0 bridgehead atoms. The number of thioether (sulfide) groups is 1. The van der Waals surface area contributed by atoms with Gasteiger partial charge in [-0.05, 0) is 62.6 Å². The average Bonchev–Trinajstić information content (AvgIpc) is 3.21. The van der Waals surface area contributed by atoms with Gasteiger partial charge >= 0.3 is 0 Å². The van der Waals surface area contributed by atoms with Gasteiger partial charge in [-0.2, -0.15) is 0 Å². The van der Waals surface area contributed by atoms with Gasteiger partial charge in [-0.3, -0.25) is 4.79 Å². The first kappa shape index (κ1) is 17.5. The highest BCUT2D eigenvalue weighted by Gasteiger charge is 2.22. The number of carbonyl (C=O) groups excluding carboxylic acids is 1. The van der Waals surface area contributed by atoms with Crippen LogP contribution in [0, 0.1) is 20.8 Å². The molecule has 0 aliphatic heterocycles. The number of aromatic nitrogens is 3. The molecule has 3 rings (SSSR count). The first-order chi connectivity index (χ1) is 11.9. The van der Waals surface area contributed by atoms with E-state index in [0.717, 1.165) is 16.7 Å². The largest absolute Gasteiger partial charge is 0.461 e. The number of hydrogen-bond acceptors (Lipinski definition) is 5. The molecule has 0 N–H and O–H groups in total. The Kier molecular flexibility index (Phi) is 4.81. The van der Waals surface area contributed by atoms with Gasteiger partial charge in [-0.25, -0.2) is 0 Å². The zero-order valence-electron chi connectivity index (χ0n) is 15.0. The lowest BCUT2D eigenvalue weighted by atomic mass is 9.97. The smallest absolute Gasteiger partial charge is 0.200 e. The summed E-state index contributed by atoms with van der Waals surface area (Å²) in [4.78, 5) is 12.9. The van der Waals surface area contributed by atoms with E-state index >= 15 is 0 Å². The van der Waals surface area contributed by atoms with Crippen LogP contribution in [0.1, 0.15) is 34.0 Å². The van der Waals surface area contributed by atoms with Crippen molar-refractivity contribution in [2.45, 2.75) is 38.1 Å². The molecule has 0 aliphatic carbocycles. The van der Waals surface area contributed by atoms with Crippen molar-refractivity contribution in [2.24, 2.45) is 7.05 Å². The molecule has 2 aromatic heterocycles. The molecular formula is C19H21N3O2S. The standard InChI is InChI=1S/C19H21N3O2S/c1-11-9-13(3)15(10-12(11)2)17(23)14(4)25-19-21-20-18(22(19)5)16-7-6-8-24-16/h6-10,14H,1-5H3/t14-/m1/s1. The molecule has 0 radical (unpaired) electrons. The van der Waals surface area contributed by atoms with Gasteiger partial charge in [-0.15, -0.1) is 10.2 Å². The zero-order chi connectivity index (χ0) is 18.1. The normalized spacial score (nSPS) is 12.4. The Labute approximate surface area is 151 Å². The minimum Gasteiger partial charge on any atom is -0.461 e. The van der Waals surface area contributed by atoms with Crippen molar-refractivity contribution in [1.29, 1.82) is 0 Å². The van der Waals surface area contributed by atoms with E-state index < -0.39 is 0 Å². The van der Waals surface area contributed by atoms with Gasteiger partial charge < -0.3 is 8.98 Å². The van der Waals surface area contributed by atoms with Crippen molar-refractivity contribution in [3.8, 4) is 11.6 Å². The van der Waals surface area contributed by atoms with Crippen LogP contribution in [0.2, 0.25) is 0 Å². The van der Waals surface area contributed by atoms with Crippen LogP contribution >= 0.6 is 11.8 Å². The molecular weight excluding hydrogens is 334 g/mol. The van der Waals surface area contributed by atoms with E-state index in [1.54, 1.807) is 6.26 Å². The number of benzene rings is 1. The van der Waals surface area contributed by atoms with Crippen molar-refractivity contribution in [3.05, 3.63) is 52.8 Å². The minimum absolute atomic E-state index is 0.105. The summed E-state index contributed by atoms with van der Waals surface area (Å²) in [6, 6.07) is 7.70. The lowest BCUT2D eigenvalue weighted by molar-refractivity contribution is 0.0993. The molecule has 6 heteroatoms. The molecule has 0 unspecified atom stereocenters. The van der Waals surface area contributed by atoms with Crippen LogP contribution < -0.4 is 0 Å². The molecule has 0 spiro atoms. The number of furan rings is 1. The van der Waals surface area contributed by atoms with E-state index in [-0.39, 0.29) is 11.0 Å². The molecule has 5 nitrogen and oxygen atoms in total. The van der Waals surface area contributed by atoms with Crippen LogP contribution in [-0.2, 0) is 7.05 Å². The Morgan fingerprint density at radius 2 is 1.88 bits per heavy atom. The van der Waals surface area contributed by atoms with Gasteiger partial charge in [0.15, 0.2) is 22.5 Å². The van der Waals surface area contributed by atoms with Gasteiger partial charge in [0.05, 0.1) is 11.5 Å². The number of rotatable bonds is 5. The van der Waals surface area contributed by atoms with Crippen molar-refractivity contribution >= 4 is 17.5 Å². The van der Waals surface area contributed by atoms with Crippen LogP contribution in [0.4, 0.5) is 0 Å². The third kappa shape index (κ3) is 3.39. The Morgan fingerprint density at radius 1 is 1.16 bits per heavy atom. The summed E-state index contributed by atoms with van der Waals surface area (Å²) in [5.74, 6) is 1.41. The van der Waals surface area contributed by atoms with Gasteiger partial charge in [0.1, 0.15) is 0 Å². The third-order valence-corrected chi connectivity index (χ3v) is 5.47. The van der Waals surface area contributed by atoms with Gasteiger partial charge in [0.25, 0.3) is 0 Å². The number of ketones is 1. The Balaban J connectivity index is 1.82. The van der Waals surface area contributed by atoms with E-state index in [9.17, 15) is 4.79 Å². The third-order valence-electron chi connectivity index (χ3n) is 4.33. The maximum atomic E-state index is 12.9. The fourth-order valence-electron chi connectivity index (χ4n) is 2.69. The monoisotopic (exact) mass is 355 g/mol. The second kappa shape index (κ2) is 6.88. The number of carbonyl (C=O) groups is 1. The van der Waals surface area contributed by atoms with Crippen molar-refractivity contribution in [2.75, 3.05) is 0 Å². The van der Waals surface area contributed by atoms with E-state index in [1.807, 2.05) is 50.6 Å². The van der Waals surface area contributed by atoms with Gasteiger partial charge in [0.2, 0.25) is 0 Å². The SMILES string of the molecule is Cc1cc(C)c(C(=O)[C@@H](C)Sc2nnc(-c3ccco3)n2C)cc1C. The topological polar surface area (TPSA) is 60.9 Å².